The van der Waals surface area contributed by atoms with E-state index in [0.717, 1.165) is 12.8 Å². The Labute approximate surface area is 95.5 Å². The van der Waals surface area contributed by atoms with Crippen LogP contribution in [-0.2, 0) is 4.74 Å². The van der Waals surface area contributed by atoms with Gasteiger partial charge in [-0.3, -0.25) is 0 Å². The molecule has 0 aromatic carbocycles. The summed E-state index contributed by atoms with van der Waals surface area (Å²) in [6.07, 6.45) is 5.09. The van der Waals surface area contributed by atoms with Gasteiger partial charge < -0.3 is 10.1 Å². The predicted octanol–water partition coefficient (Wildman–Crippen LogP) is 1.58. The summed E-state index contributed by atoms with van der Waals surface area (Å²) in [6.45, 7) is 2.70. The van der Waals surface area contributed by atoms with Crippen LogP contribution in [0, 0.1) is 11.3 Å². The number of hydrogen-bond donors (Lipinski definition) is 1. The van der Waals surface area contributed by atoms with E-state index in [1.165, 1.54) is 6.20 Å². The summed E-state index contributed by atoms with van der Waals surface area (Å²) in [5, 5.41) is 12.0. The number of aromatic nitrogens is 2. The minimum Gasteiger partial charge on any atom is -0.383 e. The van der Waals surface area contributed by atoms with Gasteiger partial charge in [-0.15, -0.1) is 0 Å². The zero-order valence-corrected chi connectivity index (χ0v) is 9.60. The fourth-order valence-electron chi connectivity index (χ4n) is 1.47. The monoisotopic (exact) mass is 220 g/mol. The normalized spacial score (nSPS) is 11.8. The molecule has 16 heavy (non-hydrogen) atoms. The van der Waals surface area contributed by atoms with Gasteiger partial charge in [-0.25, -0.2) is 9.97 Å². The molecule has 0 radical (unpaired) electrons. The molecule has 0 aliphatic carbocycles. The van der Waals surface area contributed by atoms with E-state index in [-0.39, 0.29) is 6.04 Å². The maximum Gasteiger partial charge on any atom is 0.182 e. The third-order valence-corrected chi connectivity index (χ3v) is 2.15. The zero-order valence-electron chi connectivity index (χ0n) is 9.60. The lowest BCUT2D eigenvalue weighted by Gasteiger charge is -2.17. The second-order valence-electron chi connectivity index (χ2n) is 3.45. The molecule has 1 atom stereocenters. The Balaban J connectivity index is 2.72. The highest BCUT2D eigenvalue weighted by molar-refractivity contribution is 5.47. The molecule has 0 spiro atoms. The first kappa shape index (κ1) is 12.4. The van der Waals surface area contributed by atoms with Crippen molar-refractivity contribution in [3.8, 4) is 6.07 Å². The summed E-state index contributed by atoms with van der Waals surface area (Å²) in [6, 6.07) is 2.17. The van der Waals surface area contributed by atoms with Crippen LogP contribution in [0.5, 0.6) is 0 Å². The van der Waals surface area contributed by atoms with Crippen LogP contribution in [0.4, 0.5) is 5.82 Å². The molecule has 1 heterocycles. The molecule has 0 fully saturated rings. The van der Waals surface area contributed by atoms with E-state index in [0.29, 0.717) is 18.1 Å². The fraction of sp³-hybridized carbons (Fsp3) is 0.545. The minimum absolute atomic E-state index is 0.166. The number of rotatable bonds is 6. The largest absolute Gasteiger partial charge is 0.383 e. The quantitative estimate of drug-likeness (QED) is 0.788. The summed E-state index contributed by atoms with van der Waals surface area (Å²) in [4.78, 5) is 8.05. The first-order valence-electron chi connectivity index (χ1n) is 5.28. The van der Waals surface area contributed by atoms with Crippen molar-refractivity contribution in [3.05, 3.63) is 18.1 Å². The molecule has 5 heteroatoms. The number of nitrogens with one attached hydrogen (secondary N) is 1. The first-order chi connectivity index (χ1) is 7.81. The van der Waals surface area contributed by atoms with Crippen LogP contribution in [0.1, 0.15) is 25.5 Å². The molecule has 0 bridgehead atoms. The van der Waals surface area contributed by atoms with Gasteiger partial charge in [0, 0.05) is 19.5 Å². The van der Waals surface area contributed by atoms with Gasteiger partial charge in [0.1, 0.15) is 6.07 Å². The summed E-state index contributed by atoms with van der Waals surface area (Å²) in [5.41, 5.74) is 0.319. The highest BCUT2D eigenvalue weighted by Crippen LogP contribution is 2.11. The SMILES string of the molecule is CCCC(COC)Nc1nccnc1C#N. The Morgan fingerprint density at radius 3 is 2.88 bits per heavy atom. The molecule has 0 amide bonds. The molecule has 1 N–H and O–H groups in total. The van der Waals surface area contributed by atoms with Crippen LogP contribution >= 0.6 is 0 Å². The number of nitrogens with zero attached hydrogens (tertiary/aromatic N) is 3. The van der Waals surface area contributed by atoms with Crippen LogP contribution < -0.4 is 5.32 Å². The molecule has 86 valence electrons. The van der Waals surface area contributed by atoms with E-state index in [4.69, 9.17) is 10.00 Å². The van der Waals surface area contributed by atoms with E-state index in [1.54, 1.807) is 13.3 Å². The predicted molar refractivity (Wildman–Crippen MR) is 60.9 cm³/mol. The van der Waals surface area contributed by atoms with Crippen LogP contribution in [0.2, 0.25) is 0 Å². The van der Waals surface area contributed by atoms with E-state index in [2.05, 4.69) is 22.2 Å². The van der Waals surface area contributed by atoms with E-state index in [1.807, 2.05) is 6.07 Å². The van der Waals surface area contributed by atoms with Crippen molar-refractivity contribution >= 4 is 5.82 Å². The topological polar surface area (TPSA) is 70.8 Å². The highest BCUT2D eigenvalue weighted by atomic mass is 16.5. The lowest BCUT2D eigenvalue weighted by molar-refractivity contribution is 0.182. The standard InChI is InChI=1S/C11H16N4O/c1-3-4-9(8-16-2)15-11-10(7-12)13-5-6-14-11/h5-6,9H,3-4,8H2,1-2H3,(H,14,15). The number of anilines is 1. The fourth-order valence-corrected chi connectivity index (χ4v) is 1.47. The van der Waals surface area contributed by atoms with Gasteiger partial charge in [0.2, 0.25) is 0 Å². The lowest BCUT2D eigenvalue weighted by Crippen LogP contribution is -2.25. The van der Waals surface area contributed by atoms with Crippen LogP contribution in [-0.4, -0.2) is 29.7 Å². The second kappa shape index (κ2) is 6.75. The molecule has 1 unspecified atom stereocenters. The van der Waals surface area contributed by atoms with Crippen molar-refractivity contribution in [2.24, 2.45) is 0 Å². The maximum atomic E-state index is 8.87. The number of hydrogen-bond acceptors (Lipinski definition) is 5. The number of ether oxygens (including phenoxy) is 1. The summed E-state index contributed by atoms with van der Waals surface area (Å²) in [7, 11) is 1.66. The Bertz CT molecular complexity index is 355. The van der Waals surface area contributed by atoms with Crippen molar-refractivity contribution in [1.82, 2.24) is 9.97 Å². The average Bonchev–Trinajstić information content (AvgIpc) is 2.30. The van der Waals surface area contributed by atoms with Crippen molar-refractivity contribution in [2.75, 3.05) is 19.0 Å². The average molecular weight is 220 g/mol. The van der Waals surface area contributed by atoms with Crippen molar-refractivity contribution in [1.29, 1.82) is 5.26 Å². The van der Waals surface area contributed by atoms with E-state index < -0.39 is 0 Å². The molecular formula is C11H16N4O. The smallest absolute Gasteiger partial charge is 0.182 e. The van der Waals surface area contributed by atoms with Gasteiger partial charge >= 0.3 is 0 Å². The number of methoxy groups -OCH3 is 1. The summed E-state index contributed by atoms with van der Waals surface area (Å²) < 4.78 is 5.11. The second-order valence-corrected chi connectivity index (χ2v) is 3.45. The van der Waals surface area contributed by atoms with Gasteiger partial charge in [-0.1, -0.05) is 13.3 Å². The minimum atomic E-state index is 0.166. The first-order valence-corrected chi connectivity index (χ1v) is 5.28. The van der Waals surface area contributed by atoms with Gasteiger partial charge in [-0.05, 0) is 6.42 Å². The van der Waals surface area contributed by atoms with Gasteiger partial charge in [0.05, 0.1) is 12.6 Å². The van der Waals surface area contributed by atoms with E-state index in [9.17, 15) is 0 Å². The highest BCUT2D eigenvalue weighted by Gasteiger charge is 2.11. The molecule has 1 rings (SSSR count). The number of nitriles is 1. The lowest BCUT2D eigenvalue weighted by atomic mass is 10.2. The molecule has 0 saturated carbocycles. The molecule has 0 saturated heterocycles. The van der Waals surface area contributed by atoms with Crippen molar-refractivity contribution in [2.45, 2.75) is 25.8 Å². The van der Waals surface area contributed by atoms with Crippen LogP contribution in [0.15, 0.2) is 12.4 Å². The van der Waals surface area contributed by atoms with Crippen LogP contribution in [0.3, 0.4) is 0 Å². The van der Waals surface area contributed by atoms with E-state index >= 15 is 0 Å². The molecule has 5 nitrogen and oxygen atoms in total. The van der Waals surface area contributed by atoms with Gasteiger partial charge in [-0.2, -0.15) is 5.26 Å². The summed E-state index contributed by atoms with van der Waals surface area (Å²) >= 11 is 0. The summed E-state index contributed by atoms with van der Waals surface area (Å²) in [5.74, 6) is 0.528. The van der Waals surface area contributed by atoms with Crippen LogP contribution in [0.25, 0.3) is 0 Å². The Kier molecular flexibility index (Phi) is 5.23. The molecule has 0 aliphatic heterocycles. The third-order valence-electron chi connectivity index (χ3n) is 2.15. The molecule has 0 aliphatic rings. The molecular weight excluding hydrogens is 204 g/mol. The molecule has 1 aromatic heterocycles. The van der Waals surface area contributed by atoms with Crippen molar-refractivity contribution in [3.63, 3.8) is 0 Å². The van der Waals surface area contributed by atoms with Gasteiger partial charge in [0.15, 0.2) is 11.5 Å². The van der Waals surface area contributed by atoms with Crippen molar-refractivity contribution < 1.29 is 4.74 Å². The Morgan fingerprint density at radius 1 is 1.50 bits per heavy atom. The zero-order chi connectivity index (χ0) is 11.8. The maximum absolute atomic E-state index is 8.87. The Hall–Kier alpha value is -1.67. The molecule has 1 aromatic rings. The third kappa shape index (κ3) is 3.48. The Morgan fingerprint density at radius 2 is 2.25 bits per heavy atom. The van der Waals surface area contributed by atoms with Gasteiger partial charge in [0.25, 0.3) is 0 Å².